The average Bonchev–Trinajstić information content (AvgIpc) is 3.07. The number of carbonyl (C=O) groups excluding carboxylic acids is 1. The summed E-state index contributed by atoms with van der Waals surface area (Å²) in [6.45, 7) is 1.74. The van der Waals surface area contributed by atoms with Crippen LogP contribution in [0.25, 0.3) is 0 Å². The third kappa shape index (κ3) is 2.26. The van der Waals surface area contributed by atoms with Gasteiger partial charge in [-0.15, -0.1) is 10.2 Å². The van der Waals surface area contributed by atoms with Crippen LogP contribution in [0.2, 0.25) is 0 Å². The Morgan fingerprint density at radius 3 is 2.53 bits per heavy atom. The predicted molar refractivity (Wildman–Crippen MR) is 66.0 cm³/mol. The Hall–Kier alpha value is -1.17. The first-order valence-electron chi connectivity index (χ1n) is 6.11. The lowest BCUT2D eigenvalue weighted by Gasteiger charge is -2.29. The van der Waals surface area contributed by atoms with Crippen molar-refractivity contribution < 1.29 is 4.79 Å². The third-order valence-corrected chi connectivity index (χ3v) is 4.67. The molecule has 17 heavy (non-hydrogen) atoms. The van der Waals surface area contributed by atoms with Crippen molar-refractivity contribution in [2.24, 2.45) is 11.7 Å². The SMILES string of the molecule is NC(=O)C1CCN(c2nnc(C3CC3)s2)CC1. The number of carbonyl (C=O) groups is 1. The highest BCUT2D eigenvalue weighted by atomic mass is 32.1. The fraction of sp³-hybridized carbons (Fsp3) is 0.727. The van der Waals surface area contributed by atoms with Gasteiger partial charge in [0, 0.05) is 24.9 Å². The third-order valence-electron chi connectivity index (χ3n) is 3.52. The molecular weight excluding hydrogens is 236 g/mol. The number of nitrogens with zero attached hydrogens (tertiary/aromatic N) is 3. The molecule has 1 aliphatic carbocycles. The van der Waals surface area contributed by atoms with Crippen LogP contribution in [0.1, 0.15) is 36.6 Å². The van der Waals surface area contributed by atoms with Gasteiger partial charge in [-0.05, 0) is 25.7 Å². The highest BCUT2D eigenvalue weighted by Gasteiger charge is 2.30. The van der Waals surface area contributed by atoms with Gasteiger partial charge in [0.2, 0.25) is 11.0 Å². The number of nitrogens with two attached hydrogens (primary N) is 1. The molecule has 1 saturated carbocycles. The number of hydrogen-bond acceptors (Lipinski definition) is 5. The highest BCUT2D eigenvalue weighted by molar-refractivity contribution is 7.15. The summed E-state index contributed by atoms with van der Waals surface area (Å²) in [5, 5.41) is 10.7. The lowest BCUT2D eigenvalue weighted by atomic mass is 9.97. The van der Waals surface area contributed by atoms with Crippen LogP contribution < -0.4 is 10.6 Å². The first-order valence-corrected chi connectivity index (χ1v) is 6.93. The fourth-order valence-corrected chi connectivity index (χ4v) is 3.27. The van der Waals surface area contributed by atoms with Gasteiger partial charge in [0.15, 0.2) is 0 Å². The van der Waals surface area contributed by atoms with E-state index in [0.29, 0.717) is 5.92 Å². The Morgan fingerprint density at radius 1 is 1.24 bits per heavy atom. The second-order valence-corrected chi connectivity index (χ2v) is 5.85. The summed E-state index contributed by atoms with van der Waals surface area (Å²) in [4.78, 5) is 13.3. The second kappa shape index (κ2) is 4.25. The van der Waals surface area contributed by atoms with Gasteiger partial charge < -0.3 is 10.6 Å². The molecule has 1 aromatic heterocycles. The molecule has 2 aliphatic rings. The van der Waals surface area contributed by atoms with Gasteiger partial charge >= 0.3 is 0 Å². The van der Waals surface area contributed by atoms with E-state index in [-0.39, 0.29) is 11.8 Å². The van der Waals surface area contributed by atoms with Crippen LogP contribution >= 0.6 is 11.3 Å². The van der Waals surface area contributed by atoms with Gasteiger partial charge in [-0.1, -0.05) is 11.3 Å². The molecule has 2 heterocycles. The van der Waals surface area contributed by atoms with Crippen LogP contribution in [0.5, 0.6) is 0 Å². The number of rotatable bonds is 3. The Kier molecular flexibility index (Phi) is 2.74. The monoisotopic (exact) mass is 252 g/mol. The molecule has 0 radical (unpaired) electrons. The number of anilines is 1. The minimum absolute atomic E-state index is 0.0436. The molecule has 0 atom stereocenters. The standard InChI is InChI=1S/C11H16N4OS/c12-9(16)7-3-5-15(6-4-7)11-14-13-10(17-11)8-1-2-8/h7-8H,1-6H2,(H2,12,16). The van der Waals surface area contributed by atoms with Gasteiger partial charge in [0.1, 0.15) is 5.01 Å². The van der Waals surface area contributed by atoms with E-state index < -0.39 is 0 Å². The number of amides is 1. The lowest BCUT2D eigenvalue weighted by molar-refractivity contribution is -0.122. The van der Waals surface area contributed by atoms with E-state index in [4.69, 9.17) is 5.73 Å². The molecule has 0 aromatic carbocycles. The number of hydrogen-bond donors (Lipinski definition) is 1. The smallest absolute Gasteiger partial charge is 0.220 e. The zero-order valence-corrected chi connectivity index (χ0v) is 10.4. The van der Waals surface area contributed by atoms with Crippen LogP contribution in [0, 0.1) is 5.92 Å². The summed E-state index contributed by atoms with van der Waals surface area (Å²) >= 11 is 1.71. The number of piperidine rings is 1. The minimum atomic E-state index is -0.166. The van der Waals surface area contributed by atoms with E-state index in [9.17, 15) is 4.79 Å². The molecule has 2 fully saturated rings. The van der Waals surface area contributed by atoms with Crippen LogP contribution in [-0.4, -0.2) is 29.2 Å². The van der Waals surface area contributed by atoms with Crippen LogP contribution in [0.4, 0.5) is 5.13 Å². The Bertz CT molecular complexity index is 421. The summed E-state index contributed by atoms with van der Waals surface area (Å²) < 4.78 is 0. The van der Waals surface area contributed by atoms with Crippen molar-refractivity contribution in [3.8, 4) is 0 Å². The van der Waals surface area contributed by atoms with Crippen molar-refractivity contribution in [3.63, 3.8) is 0 Å². The molecule has 1 saturated heterocycles. The number of aromatic nitrogens is 2. The normalized spacial score (nSPS) is 21.8. The van der Waals surface area contributed by atoms with Crippen molar-refractivity contribution in [1.82, 2.24) is 10.2 Å². The predicted octanol–water partition coefficient (Wildman–Crippen LogP) is 1.12. The first kappa shape index (κ1) is 11.0. The molecule has 1 aliphatic heterocycles. The average molecular weight is 252 g/mol. The molecule has 0 unspecified atom stereocenters. The van der Waals surface area contributed by atoms with Gasteiger partial charge in [0.05, 0.1) is 0 Å². The van der Waals surface area contributed by atoms with E-state index in [1.807, 2.05) is 0 Å². The lowest BCUT2D eigenvalue weighted by Crippen LogP contribution is -2.38. The largest absolute Gasteiger partial charge is 0.369 e. The maximum absolute atomic E-state index is 11.1. The topological polar surface area (TPSA) is 72.1 Å². The zero-order chi connectivity index (χ0) is 11.8. The van der Waals surface area contributed by atoms with E-state index in [1.165, 1.54) is 17.8 Å². The van der Waals surface area contributed by atoms with Gasteiger partial charge in [0.25, 0.3) is 0 Å². The van der Waals surface area contributed by atoms with Crippen LogP contribution in [-0.2, 0) is 4.79 Å². The van der Waals surface area contributed by atoms with Gasteiger partial charge in [-0.3, -0.25) is 4.79 Å². The van der Waals surface area contributed by atoms with Crippen LogP contribution in [0.3, 0.4) is 0 Å². The highest BCUT2D eigenvalue weighted by Crippen LogP contribution is 2.42. The summed E-state index contributed by atoms with van der Waals surface area (Å²) in [6, 6.07) is 0. The summed E-state index contributed by atoms with van der Waals surface area (Å²) in [6.07, 6.45) is 4.21. The Morgan fingerprint density at radius 2 is 1.94 bits per heavy atom. The van der Waals surface area contributed by atoms with E-state index in [1.54, 1.807) is 11.3 Å². The molecule has 0 spiro atoms. The molecule has 2 N–H and O–H groups in total. The van der Waals surface area contributed by atoms with E-state index >= 15 is 0 Å². The molecule has 1 aromatic rings. The maximum Gasteiger partial charge on any atom is 0.220 e. The molecule has 92 valence electrons. The van der Waals surface area contributed by atoms with Crippen LogP contribution in [0.15, 0.2) is 0 Å². The Balaban J connectivity index is 1.63. The molecule has 6 heteroatoms. The summed E-state index contributed by atoms with van der Waals surface area (Å²) in [5.74, 6) is 0.548. The van der Waals surface area contributed by atoms with Crippen molar-refractivity contribution in [2.45, 2.75) is 31.6 Å². The summed E-state index contributed by atoms with van der Waals surface area (Å²) in [5.41, 5.74) is 5.32. The second-order valence-electron chi connectivity index (χ2n) is 4.86. The van der Waals surface area contributed by atoms with Gasteiger partial charge in [-0.2, -0.15) is 0 Å². The van der Waals surface area contributed by atoms with Crippen molar-refractivity contribution in [1.29, 1.82) is 0 Å². The molecular formula is C11H16N4OS. The van der Waals surface area contributed by atoms with Gasteiger partial charge in [-0.25, -0.2) is 0 Å². The maximum atomic E-state index is 11.1. The zero-order valence-electron chi connectivity index (χ0n) is 9.63. The minimum Gasteiger partial charge on any atom is -0.369 e. The number of primary amides is 1. The Labute approximate surface area is 104 Å². The van der Waals surface area contributed by atoms with Crippen molar-refractivity contribution >= 4 is 22.4 Å². The molecule has 5 nitrogen and oxygen atoms in total. The molecule has 1 amide bonds. The first-order chi connectivity index (χ1) is 8.24. The fourth-order valence-electron chi connectivity index (χ4n) is 2.20. The van der Waals surface area contributed by atoms with Crippen molar-refractivity contribution in [3.05, 3.63) is 5.01 Å². The summed E-state index contributed by atoms with van der Waals surface area (Å²) in [7, 11) is 0. The van der Waals surface area contributed by atoms with Crippen molar-refractivity contribution in [2.75, 3.05) is 18.0 Å². The van der Waals surface area contributed by atoms with E-state index in [2.05, 4.69) is 15.1 Å². The molecule has 0 bridgehead atoms. The molecule has 3 rings (SSSR count). The van der Waals surface area contributed by atoms with E-state index in [0.717, 1.165) is 31.1 Å². The quantitative estimate of drug-likeness (QED) is 0.875.